The number of nitrogens with one attached hydrogen (secondary N) is 1. The Morgan fingerprint density at radius 1 is 0.978 bits per heavy atom. The zero-order chi connectivity index (χ0) is 33.6. The molecule has 2 heterocycles. The largest absolute Gasteiger partial charge is 0.471 e. The minimum Gasteiger partial charge on any atom is -0.394 e. The van der Waals surface area contributed by atoms with Gasteiger partial charge >= 0.3 is 12.1 Å². The summed E-state index contributed by atoms with van der Waals surface area (Å²) in [5, 5.41) is 22.1. The standard InChI is InChI=1S/C32H34F5N5O4/c1-3-4-5-6-7-15-41(30(46)32(35,36)37)21-12-11-19(2)23(16-21)27-22-13-14-26(45)42(28-24(33)9-8-10-25(28)34)29(22)40-31(39-27)38-20(17-43)18-44/h8-14,16,20,43-44H,3-7,15,17-18H2,1-2H3,(H,38,39,40). The van der Waals surface area contributed by atoms with Crippen LogP contribution >= 0.6 is 0 Å². The van der Waals surface area contributed by atoms with E-state index in [1.807, 2.05) is 6.92 Å². The Balaban J connectivity index is 1.97. The zero-order valence-corrected chi connectivity index (χ0v) is 25.2. The summed E-state index contributed by atoms with van der Waals surface area (Å²) in [6.45, 7) is 2.35. The van der Waals surface area contributed by atoms with Crippen LogP contribution < -0.4 is 15.8 Å². The highest BCUT2D eigenvalue weighted by molar-refractivity contribution is 5.99. The van der Waals surface area contributed by atoms with E-state index >= 15 is 0 Å². The molecule has 0 fully saturated rings. The van der Waals surface area contributed by atoms with Crippen molar-refractivity contribution in [2.45, 2.75) is 58.2 Å². The molecule has 0 radical (unpaired) electrons. The van der Waals surface area contributed by atoms with Crippen molar-refractivity contribution in [1.82, 2.24) is 14.5 Å². The number of anilines is 2. The molecule has 0 bridgehead atoms. The van der Waals surface area contributed by atoms with Crippen molar-refractivity contribution in [2.75, 3.05) is 30.0 Å². The molecule has 246 valence electrons. The zero-order valence-electron chi connectivity index (χ0n) is 25.2. The summed E-state index contributed by atoms with van der Waals surface area (Å²) < 4.78 is 71.8. The van der Waals surface area contributed by atoms with Crippen LogP contribution in [-0.4, -0.2) is 62.6 Å². The van der Waals surface area contributed by atoms with E-state index in [0.29, 0.717) is 27.9 Å². The molecule has 46 heavy (non-hydrogen) atoms. The fourth-order valence-electron chi connectivity index (χ4n) is 5.04. The number of benzene rings is 2. The van der Waals surface area contributed by atoms with Gasteiger partial charge in [0.1, 0.15) is 17.3 Å². The van der Waals surface area contributed by atoms with Crippen LogP contribution in [0.4, 0.5) is 33.6 Å². The van der Waals surface area contributed by atoms with E-state index in [9.17, 15) is 41.8 Å². The Kier molecular flexibility index (Phi) is 11.1. The molecule has 0 aliphatic rings. The van der Waals surface area contributed by atoms with Gasteiger partial charge in [-0.15, -0.1) is 0 Å². The predicted molar refractivity (Wildman–Crippen MR) is 164 cm³/mol. The quantitative estimate of drug-likeness (QED) is 0.126. The number of carbonyl (C=O) groups excluding carboxylic acids is 1. The smallest absolute Gasteiger partial charge is 0.394 e. The van der Waals surface area contributed by atoms with Gasteiger partial charge in [-0.3, -0.25) is 14.2 Å². The van der Waals surface area contributed by atoms with Crippen molar-refractivity contribution in [3.63, 3.8) is 0 Å². The van der Waals surface area contributed by atoms with Gasteiger partial charge in [-0.05, 0) is 49.2 Å². The van der Waals surface area contributed by atoms with E-state index in [0.717, 1.165) is 43.5 Å². The van der Waals surface area contributed by atoms with Crippen LogP contribution in [0.1, 0.15) is 44.6 Å². The predicted octanol–water partition coefficient (Wildman–Crippen LogP) is 5.67. The summed E-state index contributed by atoms with van der Waals surface area (Å²) in [4.78, 5) is 35.1. The normalized spacial score (nSPS) is 11.8. The number of amides is 1. The number of rotatable bonds is 13. The van der Waals surface area contributed by atoms with Crippen molar-refractivity contribution in [3.8, 4) is 16.9 Å². The number of carbonyl (C=O) groups is 1. The minimum absolute atomic E-state index is 0.0503. The van der Waals surface area contributed by atoms with Gasteiger partial charge < -0.3 is 20.4 Å². The van der Waals surface area contributed by atoms with Gasteiger partial charge in [0.15, 0.2) is 5.65 Å². The molecule has 4 rings (SSSR count). The molecule has 0 saturated carbocycles. The molecule has 4 aromatic rings. The molecule has 2 aromatic heterocycles. The number of hydrogen-bond donors (Lipinski definition) is 3. The number of aliphatic hydroxyl groups is 2. The molecule has 0 aliphatic heterocycles. The molecule has 14 heteroatoms. The maximum atomic E-state index is 15.0. The summed E-state index contributed by atoms with van der Waals surface area (Å²) in [5.74, 6) is -4.42. The van der Waals surface area contributed by atoms with Gasteiger partial charge in [-0.1, -0.05) is 44.7 Å². The van der Waals surface area contributed by atoms with E-state index in [1.54, 1.807) is 6.92 Å². The molecule has 0 unspecified atom stereocenters. The minimum atomic E-state index is -5.14. The first-order valence-corrected chi connectivity index (χ1v) is 14.8. The monoisotopic (exact) mass is 647 g/mol. The van der Waals surface area contributed by atoms with E-state index in [4.69, 9.17) is 0 Å². The highest BCUT2D eigenvalue weighted by Crippen LogP contribution is 2.35. The van der Waals surface area contributed by atoms with Gasteiger partial charge in [-0.2, -0.15) is 18.2 Å². The molecule has 9 nitrogen and oxygen atoms in total. The molecular formula is C32H34F5N5O4. The Labute approximate surface area is 261 Å². The molecule has 0 aliphatic carbocycles. The second-order valence-electron chi connectivity index (χ2n) is 10.8. The fourth-order valence-corrected chi connectivity index (χ4v) is 5.04. The lowest BCUT2D eigenvalue weighted by molar-refractivity contribution is -0.170. The lowest BCUT2D eigenvalue weighted by Crippen LogP contribution is -2.41. The van der Waals surface area contributed by atoms with Crippen molar-refractivity contribution in [2.24, 2.45) is 0 Å². The number of aromatic nitrogens is 3. The number of hydrogen-bond acceptors (Lipinski definition) is 7. The Morgan fingerprint density at radius 2 is 1.65 bits per heavy atom. The third-order valence-electron chi connectivity index (χ3n) is 7.45. The van der Waals surface area contributed by atoms with Crippen molar-refractivity contribution in [3.05, 3.63) is 76.1 Å². The van der Waals surface area contributed by atoms with Crippen LogP contribution in [0.3, 0.4) is 0 Å². The molecular weight excluding hydrogens is 613 g/mol. The number of unbranched alkanes of at least 4 members (excludes halogenated alkanes) is 4. The second-order valence-corrected chi connectivity index (χ2v) is 10.8. The highest BCUT2D eigenvalue weighted by atomic mass is 19.4. The summed E-state index contributed by atoms with van der Waals surface area (Å²) in [6.07, 6.45) is -1.53. The Bertz CT molecular complexity index is 1740. The van der Waals surface area contributed by atoms with Gasteiger partial charge in [0.25, 0.3) is 5.56 Å². The number of fused-ring (bicyclic) bond motifs is 1. The lowest BCUT2D eigenvalue weighted by atomic mass is 10.0. The van der Waals surface area contributed by atoms with Gasteiger partial charge in [0.05, 0.1) is 24.9 Å². The van der Waals surface area contributed by atoms with Crippen molar-refractivity contribution < 1.29 is 37.0 Å². The first-order valence-electron chi connectivity index (χ1n) is 14.8. The third kappa shape index (κ3) is 7.50. The number of alkyl halides is 3. The van der Waals surface area contributed by atoms with Crippen molar-refractivity contribution in [1.29, 1.82) is 0 Å². The topological polar surface area (TPSA) is 121 Å². The number of aliphatic hydroxyl groups excluding tert-OH is 2. The second kappa shape index (κ2) is 14.8. The number of pyridine rings is 1. The summed E-state index contributed by atoms with van der Waals surface area (Å²) >= 11 is 0. The number of halogens is 5. The molecule has 0 atom stereocenters. The molecule has 0 spiro atoms. The van der Waals surface area contributed by atoms with Crippen LogP contribution in [0.5, 0.6) is 0 Å². The van der Waals surface area contributed by atoms with Gasteiger partial charge in [0.2, 0.25) is 5.95 Å². The molecule has 1 amide bonds. The average Bonchev–Trinajstić information content (AvgIpc) is 3.02. The molecule has 2 aromatic carbocycles. The Hall–Kier alpha value is -4.43. The van der Waals surface area contributed by atoms with E-state index in [2.05, 4.69) is 15.3 Å². The SMILES string of the molecule is CCCCCCCN(C(=O)C(F)(F)F)c1ccc(C)c(-c2nc(NC(CO)CO)nc3c2ccc(=O)n3-c2c(F)cccc2F)c1. The third-order valence-corrected chi connectivity index (χ3v) is 7.45. The maximum absolute atomic E-state index is 15.0. The maximum Gasteiger partial charge on any atom is 0.471 e. The van der Waals surface area contributed by atoms with Gasteiger partial charge in [-0.25, -0.2) is 13.8 Å². The van der Waals surface area contributed by atoms with Crippen LogP contribution in [-0.2, 0) is 4.79 Å². The lowest BCUT2D eigenvalue weighted by Gasteiger charge is -2.25. The summed E-state index contributed by atoms with van der Waals surface area (Å²) in [5.41, 5.74) is -1.09. The number of nitrogens with zero attached hydrogens (tertiary/aromatic N) is 4. The summed E-state index contributed by atoms with van der Waals surface area (Å²) in [6, 6.07) is 8.68. The first kappa shape index (κ1) is 34.4. The summed E-state index contributed by atoms with van der Waals surface area (Å²) in [7, 11) is 0. The van der Waals surface area contributed by atoms with E-state index in [-0.39, 0.29) is 40.5 Å². The van der Waals surface area contributed by atoms with Crippen molar-refractivity contribution >= 4 is 28.6 Å². The van der Waals surface area contributed by atoms with Crippen LogP contribution in [0.2, 0.25) is 0 Å². The molecule has 0 saturated heterocycles. The van der Waals surface area contributed by atoms with E-state index < -0.39 is 54.2 Å². The average molecular weight is 648 g/mol. The first-order chi connectivity index (χ1) is 21.9. The number of aryl methyl sites for hydroxylation is 1. The molecule has 3 N–H and O–H groups in total. The van der Waals surface area contributed by atoms with Gasteiger partial charge in [0, 0.05) is 29.2 Å². The van der Waals surface area contributed by atoms with Crippen LogP contribution in [0.25, 0.3) is 28.0 Å². The van der Waals surface area contributed by atoms with Crippen LogP contribution in [0, 0.1) is 18.6 Å². The number of para-hydroxylation sites is 1. The van der Waals surface area contributed by atoms with E-state index in [1.165, 1.54) is 24.3 Å². The Morgan fingerprint density at radius 3 is 2.28 bits per heavy atom. The van der Waals surface area contributed by atoms with Crippen LogP contribution in [0.15, 0.2) is 53.3 Å². The highest BCUT2D eigenvalue weighted by Gasteiger charge is 2.43. The fraction of sp³-hybridized carbons (Fsp3) is 0.375.